The van der Waals surface area contributed by atoms with Crippen LogP contribution < -0.4 is 0 Å². The van der Waals surface area contributed by atoms with Gasteiger partial charge in [0.25, 0.3) is 5.24 Å². The summed E-state index contributed by atoms with van der Waals surface area (Å²) in [5, 5.41) is 2.54. The van der Waals surface area contributed by atoms with Crippen LogP contribution in [-0.2, 0) is 5.33 Å². The molecule has 76 valence electrons. The first kappa shape index (κ1) is 10.7. The van der Waals surface area contributed by atoms with Gasteiger partial charge < -0.3 is 0 Å². The van der Waals surface area contributed by atoms with E-state index in [9.17, 15) is 4.79 Å². The summed E-state index contributed by atoms with van der Waals surface area (Å²) in [6.45, 7) is 0. The first-order valence-corrected chi connectivity index (χ1v) is 5.99. The van der Waals surface area contributed by atoms with Crippen molar-refractivity contribution in [3.8, 4) is 0 Å². The summed E-state index contributed by atoms with van der Waals surface area (Å²) in [6, 6.07) is 11.6. The minimum Gasteiger partial charge on any atom is -0.276 e. The lowest BCUT2D eigenvalue weighted by Crippen LogP contribution is -1.88. The molecule has 0 saturated heterocycles. The molecule has 2 aromatic rings. The highest BCUT2D eigenvalue weighted by Gasteiger charge is 2.03. The summed E-state index contributed by atoms with van der Waals surface area (Å²) >= 11 is 8.83. The summed E-state index contributed by atoms with van der Waals surface area (Å²) in [5.74, 6) is 0. The highest BCUT2D eigenvalue weighted by atomic mass is 79.9. The fourth-order valence-electron chi connectivity index (χ4n) is 1.50. The van der Waals surface area contributed by atoms with E-state index in [1.807, 2.05) is 24.3 Å². The Bertz CT molecular complexity index is 522. The van der Waals surface area contributed by atoms with E-state index < -0.39 is 5.24 Å². The molecule has 0 amide bonds. The van der Waals surface area contributed by atoms with Crippen molar-refractivity contribution in [2.75, 3.05) is 0 Å². The second kappa shape index (κ2) is 4.33. The number of alkyl halides is 1. The molecule has 1 nitrogen and oxygen atoms in total. The quantitative estimate of drug-likeness (QED) is 0.599. The molecule has 0 aliphatic heterocycles. The minimum atomic E-state index is -0.416. The lowest BCUT2D eigenvalue weighted by atomic mass is 10.1. The monoisotopic (exact) mass is 282 g/mol. The van der Waals surface area contributed by atoms with Gasteiger partial charge in [-0.15, -0.1) is 0 Å². The van der Waals surface area contributed by atoms with Crippen LogP contribution in [0.15, 0.2) is 36.4 Å². The SMILES string of the molecule is O=C(Cl)c1ccc2ccc(CBr)cc2c1. The highest BCUT2D eigenvalue weighted by Crippen LogP contribution is 2.20. The molecule has 0 fully saturated rings. The molecule has 0 spiro atoms. The van der Waals surface area contributed by atoms with E-state index in [0.717, 1.165) is 16.1 Å². The Morgan fingerprint density at radius 3 is 2.53 bits per heavy atom. The average Bonchev–Trinajstić information content (AvgIpc) is 2.27. The molecule has 15 heavy (non-hydrogen) atoms. The van der Waals surface area contributed by atoms with Gasteiger partial charge in [0.15, 0.2) is 0 Å². The molecule has 3 heteroatoms. The third-order valence-corrected chi connectivity index (χ3v) is 3.15. The number of fused-ring (bicyclic) bond motifs is 1. The van der Waals surface area contributed by atoms with Crippen molar-refractivity contribution in [2.45, 2.75) is 5.33 Å². The van der Waals surface area contributed by atoms with Crippen molar-refractivity contribution in [2.24, 2.45) is 0 Å². The molecule has 0 saturated carbocycles. The van der Waals surface area contributed by atoms with E-state index in [-0.39, 0.29) is 0 Å². The Labute approximate surface area is 101 Å². The number of rotatable bonds is 2. The molecule has 0 aromatic heterocycles. The number of hydrogen-bond donors (Lipinski definition) is 0. The summed E-state index contributed by atoms with van der Waals surface area (Å²) in [7, 11) is 0. The lowest BCUT2D eigenvalue weighted by Gasteiger charge is -2.02. The molecule has 0 N–H and O–H groups in total. The van der Waals surface area contributed by atoms with Crippen LogP contribution in [0.1, 0.15) is 15.9 Å². The maximum Gasteiger partial charge on any atom is 0.252 e. The zero-order chi connectivity index (χ0) is 10.8. The summed E-state index contributed by atoms with van der Waals surface area (Å²) in [4.78, 5) is 11.0. The standard InChI is InChI=1S/C12H8BrClO/c13-7-8-1-2-9-3-4-10(12(14)15)6-11(9)5-8/h1-6H,7H2. The van der Waals surface area contributed by atoms with Gasteiger partial charge in [-0.2, -0.15) is 0 Å². The van der Waals surface area contributed by atoms with Crippen LogP contribution in [0.2, 0.25) is 0 Å². The molecular weight excluding hydrogens is 275 g/mol. The van der Waals surface area contributed by atoms with Crippen LogP contribution >= 0.6 is 27.5 Å². The second-order valence-corrected chi connectivity index (χ2v) is 4.21. The van der Waals surface area contributed by atoms with E-state index in [1.54, 1.807) is 6.07 Å². The molecule has 0 heterocycles. The number of carbonyl (C=O) groups is 1. The van der Waals surface area contributed by atoms with Crippen molar-refractivity contribution in [3.63, 3.8) is 0 Å². The van der Waals surface area contributed by atoms with Crippen LogP contribution in [0.25, 0.3) is 10.8 Å². The van der Waals surface area contributed by atoms with E-state index >= 15 is 0 Å². The molecule has 0 bridgehead atoms. The average molecular weight is 284 g/mol. The van der Waals surface area contributed by atoms with Gasteiger partial charge in [0.1, 0.15) is 0 Å². The highest BCUT2D eigenvalue weighted by molar-refractivity contribution is 9.08. The zero-order valence-electron chi connectivity index (χ0n) is 7.84. The molecule has 0 unspecified atom stereocenters. The Balaban J connectivity index is 2.62. The van der Waals surface area contributed by atoms with Crippen molar-refractivity contribution >= 4 is 43.5 Å². The van der Waals surface area contributed by atoms with Gasteiger partial charge in [-0.1, -0.05) is 40.2 Å². The molecule has 0 atom stereocenters. The molecule has 0 radical (unpaired) electrons. The van der Waals surface area contributed by atoms with Crippen LogP contribution in [0.4, 0.5) is 0 Å². The van der Waals surface area contributed by atoms with Gasteiger partial charge in [-0.25, -0.2) is 0 Å². The Kier molecular flexibility index (Phi) is 3.08. The predicted molar refractivity (Wildman–Crippen MR) is 66.8 cm³/mol. The first-order chi connectivity index (χ1) is 7.20. The lowest BCUT2D eigenvalue weighted by molar-refractivity contribution is 0.108. The van der Waals surface area contributed by atoms with Gasteiger partial charge >= 0.3 is 0 Å². The van der Waals surface area contributed by atoms with E-state index in [1.165, 1.54) is 5.56 Å². The predicted octanol–water partition coefficient (Wildman–Crippen LogP) is 4.11. The number of carbonyl (C=O) groups excluding carboxylic acids is 1. The Morgan fingerprint density at radius 2 is 1.87 bits per heavy atom. The van der Waals surface area contributed by atoms with Gasteiger partial charge in [-0.3, -0.25) is 4.79 Å². The molecule has 0 aliphatic carbocycles. The molecule has 2 aromatic carbocycles. The third-order valence-electron chi connectivity index (χ3n) is 2.29. The molecular formula is C12H8BrClO. The molecule has 0 aliphatic rings. The summed E-state index contributed by atoms with van der Waals surface area (Å²) in [6.07, 6.45) is 0. The van der Waals surface area contributed by atoms with Crippen molar-refractivity contribution in [1.82, 2.24) is 0 Å². The zero-order valence-corrected chi connectivity index (χ0v) is 10.2. The Morgan fingerprint density at radius 1 is 1.13 bits per heavy atom. The van der Waals surface area contributed by atoms with Crippen LogP contribution in [0.5, 0.6) is 0 Å². The second-order valence-electron chi connectivity index (χ2n) is 3.30. The van der Waals surface area contributed by atoms with Crippen molar-refractivity contribution in [3.05, 3.63) is 47.5 Å². The first-order valence-electron chi connectivity index (χ1n) is 4.49. The van der Waals surface area contributed by atoms with E-state index in [0.29, 0.717) is 5.56 Å². The van der Waals surface area contributed by atoms with Crippen LogP contribution in [0.3, 0.4) is 0 Å². The van der Waals surface area contributed by atoms with Crippen LogP contribution in [0, 0.1) is 0 Å². The third kappa shape index (κ3) is 2.21. The van der Waals surface area contributed by atoms with E-state index in [4.69, 9.17) is 11.6 Å². The fourth-order valence-corrected chi connectivity index (χ4v) is 1.97. The Hall–Kier alpha value is -0.860. The van der Waals surface area contributed by atoms with Gasteiger partial charge in [0.2, 0.25) is 0 Å². The number of halogens is 2. The number of hydrogen-bond acceptors (Lipinski definition) is 1. The van der Waals surface area contributed by atoms with Gasteiger partial charge in [0.05, 0.1) is 0 Å². The van der Waals surface area contributed by atoms with Crippen LogP contribution in [-0.4, -0.2) is 5.24 Å². The summed E-state index contributed by atoms with van der Waals surface area (Å²) < 4.78 is 0. The number of benzene rings is 2. The maximum atomic E-state index is 11.0. The minimum absolute atomic E-state index is 0.416. The van der Waals surface area contributed by atoms with Crippen molar-refractivity contribution < 1.29 is 4.79 Å². The molecule has 2 rings (SSSR count). The fraction of sp³-hybridized carbons (Fsp3) is 0.0833. The maximum absolute atomic E-state index is 11.0. The smallest absolute Gasteiger partial charge is 0.252 e. The van der Waals surface area contributed by atoms with Gasteiger partial charge in [-0.05, 0) is 40.1 Å². The normalized spacial score (nSPS) is 10.5. The summed E-state index contributed by atoms with van der Waals surface area (Å²) in [5.41, 5.74) is 1.72. The topological polar surface area (TPSA) is 17.1 Å². The van der Waals surface area contributed by atoms with Gasteiger partial charge in [0, 0.05) is 10.9 Å². The largest absolute Gasteiger partial charge is 0.276 e. The van der Waals surface area contributed by atoms with E-state index in [2.05, 4.69) is 22.0 Å². The van der Waals surface area contributed by atoms with Crippen molar-refractivity contribution in [1.29, 1.82) is 0 Å².